The van der Waals surface area contributed by atoms with Gasteiger partial charge in [-0.2, -0.15) is 0 Å². The molecule has 5 heteroatoms. The van der Waals surface area contributed by atoms with Crippen molar-refractivity contribution in [2.24, 2.45) is 5.92 Å². The van der Waals surface area contributed by atoms with Crippen molar-refractivity contribution < 1.29 is 0 Å². The number of thiazole rings is 1. The second kappa shape index (κ2) is 7.20. The normalized spacial score (nSPS) is 19.5. The van der Waals surface area contributed by atoms with E-state index in [0.717, 1.165) is 23.4 Å². The zero-order valence-electron chi connectivity index (χ0n) is 13.3. The molecule has 118 valence electrons. The van der Waals surface area contributed by atoms with Crippen LogP contribution in [-0.2, 0) is 0 Å². The van der Waals surface area contributed by atoms with Gasteiger partial charge in [0.25, 0.3) is 0 Å². The molecule has 4 nitrogen and oxygen atoms in total. The summed E-state index contributed by atoms with van der Waals surface area (Å²) in [4.78, 5) is 11.7. The summed E-state index contributed by atoms with van der Waals surface area (Å²) in [5, 5.41) is 6.16. The Labute approximate surface area is 136 Å². The summed E-state index contributed by atoms with van der Waals surface area (Å²) in [6.07, 6.45) is 4.31. The van der Waals surface area contributed by atoms with Gasteiger partial charge in [0.05, 0.1) is 0 Å². The molecule has 0 saturated carbocycles. The quantitative estimate of drug-likeness (QED) is 0.901. The first-order chi connectivity index (χ1) is 10.7. The van der Waals surface area contributed by atoms with Crippen LogP contribution in [-0.4, -0.2) is 34.5 Å². The number of pyridine rings is 1. The Bertz CT molecular complexity index is 582. The zero-order chi connectivity index (χ0) is 15.4. The Balaban J connectivity index is 1.68. The highest BCUT2D eigenvalue weighted by atomic mass is 32.1. The molecule has 1 N–H and O–H groups in total. The van der Waals surface area contributed by atoms with Gasteiger partial charge in [-0.1, -0.05) is 19.9 Å². The van der Waals surface area contributed by atoms with Crippen LogP contribution >= 0.6 is 11.3 Å². The van der Waals surface area contributed by atoms with Crippen molar-refractivity contribution in [3.05, 3.63) is 35.5 Å². The highest BCUT2D eigenvalue weighted by Crippen LogP contribution is 2.27. The first-order valence-electron chi connectivity index (χ1n) is 8.06. The molecule has 1 saturated heterocycles. The van der Waals surface area contributed by atoms with Crippen molar-refractivity contribution in [1.29, 1.82) is 0 Å². The average Bonchev–Trinajstić information content (AvgIpc) is 3.00. The van der Waals surface area contributed by atoms with E-state index < -0.39 is 0 Å². The molecule has 2 aromatic rings. The average molecular weight is 316 g/mol. The monoisotopic (exact) mass is 316 g/mol. The SMILES string of the molecule is CC(C)CN1CCCC(c2cccc(Nc3nccs3)n2)C1. The maximum Gasteiger partial charge on any atom is 0.188 e. The molecule has 1 fully saturated rings. The molecule has 0 bridgehead atoms. The van der Waals surface area contributed by atoms with E-state index in [0.29, 0.717) is 5.92 Å². The summed E-state index contributed by atoms with van der Waals surface area (Å²) in [6.45, 7) is 8.13. The Hall–Kier alpha value is -1.46. The lowest BCUT2D eigenvalue weighted by molar-refractivity contribution is 0.186. The number of likely N-dealkylation sites (tertiary alicyclic amines) is 1. The van der Waals surface area contributed by atoms with E-state index in [-0.39, 0.29) is 0 Å². The molecule has 3 heterocycles. The van der Waals surface area contributed by atoms with Crippen LogP contribution in [0.2, 0.25) is 0 Å². The van der Waals surface area contributed by atoms with Crippen molar-refractivity contribution >= 4 is 22.3 Å². The van der Waals surface area contributed by atoms with Gasteiger partial charge in [0.1, 0.15) is 5.82 Å². The lowest BCUT2D eigenvalue weighted by atomic mass is 9.93. The van der Waals surface area contributed by atoms with E-state index in [4.69, 9.17) is 4.98 Å². The number of nitrogens with one attached hydrogen (secondary N) is 1. The predicted octanol–water partition coefficient (Wildman–Crippen LogP) is 4.12. The minimum atomic E-state index is 0.547. The number of rotatable bonds is 5. The Morgan fingerprint density at radius 1 is 1.41 bits per heavy atom. The maximum absolute atomic E-state index is 4.81. The summed E-state index contributed by atoms with van der Waals surface area (Å²) in [6, 6.07) is 6.27. The van der Waals surface area contributed by atoms with Gasteiger partial charge in [-0.15, -0.1) is 11.3 Å². The van der Waals surface area contributed by atoms with Crippen LogP contribution in [0.3, 0.4) is 0 Å². The summed E-state index contributed by atoms with van der Waals surface area (Å²) in [5.41, 5.74) is 1.20. The molecule has 1 aliphatic heterocycles. The molecule has 3 rings (SSSR count). The first kappa shape index (κ1) is 15.4. The number of nitrogens with zero attached hydrogens (tertiary/aromatic N) is 3. The molecule has 0 spiro atoms. The minimum Gasteiger partial charge on any atom is -0.316 e. The second-order valence-electron chi connectivity index (χ2n) is 6.40. The van der Waals surface area contributed by atoms with Crippen LogP contribution in [0, 0.1) is 5.92 Å². The Morgan fingerprint density at radius 2 is 2.32 bits per heavy atom. The van der Waals surface area contributed by atoms with Gasteiger partial charge in [0.2, 0.25) is 0 Å². The molecular weight excluding hydrogens is 292 g/mol. The van der Waals surface area contributed by atoms with Crippen molar-refractivity contribution in [3.8, 4) is 0 Å². The van der Waals surface area contributed by atoms with Crippen molar-refractivity contribution in [2.45, 2.75) is 32.6 Å². The molecule has 2 aromatic heterocycles. The van der Waals surface area contributed by atoms with E-state index in [9.17, 15) is 0 Å². The van der Waals surface area contributed by atoms with Crippen LogP contribution in [0.25, 0.3) is 0 Å². The van der Waals surface area contributed by atoms with E-state index >= 15 is 0 Å². The molecule has 0 aliphatic carbocycles. The van der Waals surface area contributed by atoms with Gasteiger partial charge in [0, 0.05) is 36.3 Å². The fourth-order valence-corrected chi connectivity index (χ4v) is 3.66. The standard InChI is InChI=1S/C17H24N4S/c1-13(2)11-21-9-4-5-14(12-21)15-6-3-7-16(19-15)20-17-18-8-10-22-17/h3,6-8,10,13-14H,4-5,9,11-12H2,1-2H3,(H,18,19,20). The molecule has 1 unspecified atom stereocenters. The maximum atomic E-state index is 4.81. The van der Waals surface area contributed by atoms with Crippen molar-refractivity contribution in [1.82, 2.24) is 14.9 Å². The van der Waals surface area contributed by atoms with Gasteiger partial charge >= 0.3 is 0 Å². The number of anilines is 2. The molecular formula is C17H24N4S. The van der Waals surface area contributed by atoms with E-state index in [2.05, 4.69) is 41.2 Å². The van der Waals surface area contributed by atoms with Gasteiger partial charge in [-0.25, -0.2) is 9.97 Å². The van der Waals surface area contributed by atoms with Crippen LogP contribution in [0.15, 0.2) is 29.8 Å². The minimum absolute atomic E-state index is 0.547. The third kappa shape index (κ3) is 4.05. The third-order valence-corrected chi connectivity index (χ3v) is 4.67. The molecule has 0 amide bonds. The first-order valence-corrected chi connectivity index (χ1v) is 8.94. The molecule has 0 radical (unpaired) electrons. The highest BCUT2D eigenvalue weighted by molar-refractivity contribution is 7.13. The Kier molecular flexibility index (Phi) is 5.05. The fourth-order valence-electron chi connectivity index (χ4n) is 3.12. The zero-order valence-corrected chi connectivity index (χ0v) is 14.1. The number of hydrogen-bond donors (Lipinski definition) is 1. The lowest BCUT2D eigenvalue weighted by Gasteiger charge is -2.33. The molecule has 22 heavy (non-hydrogen) atoms. The van der Waals surface area contributed by atoms with Gasteiger partial charge in [-0.05, 0) is 37.4 Å². The smallest absolute Gasteiger partial charge is 0.188 e. The van der Waals surface area contributed by atoms with E-state index in [1.807, 2.05) is 17.6 Å². The van der Waals surface area contributed by atoms with Crippen molar-refractivity contribution in [2.75, 3.05) is 25.0 Å². The fraction of sp³-hybridized carbons (Fsp3) is 0.529. The second-order valence-corrected chi connectivity index (χ2v) is 7.30. The number of hydrogen-bond acceptors (Lipinski definition) is 5. The van der Waals surface area contributed by atoms with Gasteiger partial charge < -0.3 is 10.2 Å². The van der Waals surface area contributed by atoms with E-state index in [1.54, 1.807) is 11.3 Å². The summed E-state index contributed by atoms with van der Waals surface area (Å²) in [7, 11) is 0. The summed E-state index contributed by atoms with van der Waals surface area (Å²) >= 11 is 1.60. The van der Waals surface area contributed by atoms with E-state index in [1.165, 1.54) is 31.6 Å². The number of piperidine rings is 1. The summed E-state index contributed by atoms with van der Waals surface area (Å²) in [5.74, 6) is 2.17. The predicted molar refractivity (Wildman–Crippen MR) is 92.9 cm³/mol. The molecule has 1 aliphatic rings. The molecule has 0 aromatic carbocycles. The van der Waals surface area contributed by atoms with Gasteiger partial charge in [0.15, 0.2) is 5.13 Å². The topological polar surface area (TPSA) is 41.0 Å². The highest BCUT2D eigenvalue weighted by Gasteiger charge is 2.22. The Morgan fingerprint density at radius 3 is 3.09 bits per heavy atom. The third-order valence-electron chi connectivity index (χ3n) is 3.99. The molecule has 1 atom stereocenters. The van der Waals surface area contributed by atoms with Crippen molar-refractivity contribution in [3.63, 3.8) is 0 Å². The van der Waals surface area contributed by atoms with Crippen LogP contribution in [0.1, 0.15) is 38.3 Å². The van der Waals surface area contributed by atoms with Crippen LogP contribution < -0.4 is 5.32 Å². The summed E-state index contributed by atoms with van der Waals surface area (Å²) < 4.78 is 0. The number of aromatic nitrogens is 2. The largest absolute Gasteiger partial charge is 0.316 e. The lowest BCUT2D eigenvalue weighted by Crippen LogP contribution is -2.37. The van der Waals surface area contributed by atoms with Crippen LogP contribution in [0.4, 0.5) is 10.9 Å². The van der Waals surface area contributed by atoms with Crippen LogP contribution in [0.5, 0.6) is 0 Å². The van der Waals surface area contributed by atoms with Gasteiger partial charge in [-0.3, -0.25) is 0 Å².